The molecule has 0 aliphatic rings. The molecule has 1 atom stereocenters. The molecule has 0 aliphatic carbocycles. The summed E-state index contributed by atoms with van der Waals surface area (Å²) in [6.45, 7) is 9.76. The van der Waals surface area contributed by atoms with Crippen molar-refractivity contribution >= 4 is 22.6 Å². The highest BCUT2D eigenvalue weighted by atomic mass is 16.2. The maximum absolute atomic E-state index is 12.9. The first-order chi connectivity index (χ1) is 14.8. The van der Waals surface area contributed by atoms with E-state index in [2.05, 4.69) is 54.1 Å². The predicted molar refractivity (Wildman–Crippen MR) is 129 cm³/mol. The maximum Gasteiger partial charge on any atom is 0.242 e. The first-order valence-corrected chi connectivity index (χ1v) is 11.6. The molecule has 0 aromatic heterocycles. The van der Waals surface area contributed by atoms with Gasteiger partial charge in [-0.05, 0) is 28.7 Å². The van der Waals surface area contributed by atoms with E-state index in [0.717, 1.165) is 30.2 Å². The molecule has 170 valence electrons. The molecule has 3 N–H and O–H groups in total. The molecule has 0 bridgehead atoms. The summed E-state index contributed by atoms with van der Waals surface area (Å²) in [5.41, 5.74) is 1.04. The van der Waals surface area contributed by atoms with Crippen molar-refractivity contribution in [1.82, 2.24) is 16.0 Å². The summed E-state index contributed by atoms with van der Waals surface area (Å²) in [6.07, 6.45) is 4.05. The third kappa shape index (κ3) is 9.52. The van der Waals surface area contributed by atoms with E-state index >= 15 is 0 Å². The Balaban J connectivity index is 1.99. The predicted octanol–water partition coefficient (Wildman–Crippen LogP) is 4.20. The van der Waals surface area contributed by atoms with E-state index in [1.807, 2.05) is 32.0 Å². The molecule has 2 aromatic carbocycles. The molecule has 0 spiro atoms. The van der Waals surface area contributed by atoms with Crippen molar-refractivity contribution < 1.29 is 9.59 Å². The van der Waals surface area contributed by atoms with Crippen LogP contribution in [0.1, 0.15) is 58.9 Å². The number of amides is 2. The Hall–Kier alpha value is -2.40. The van der Waals surface area contributed by atoms with Crippen molar-refractivity contribution in [3.8, 4) is 0 Å². The van der Waals surface area contributed by atoms with Gasteiger partial charge in [0.25, 0.3) is 0 Å². The number of rotatable bonds is 13. The zero-order valence-corrected chi connectivity index (χ0v) is 19.5. The standard InChI is InChI=1S/C26H39N3O2/c1-19(2)9-7-8-15-28-26(31)24(29-25(30)14-16-27-20(3)4)18-21-12-13-22-10-5-6-11-23(22)17-21/h5-6,10-13,17,19-20,24,27H,7-9,14-16,18H2,1-4H3,(H,28,31)(H,29,30)/t24-/m1/s1. The highest BCUT2D eigenvalue weighted by Crippen LogP contribution is 2.17. The monoisotopic (exact) mass is 425 g/mol. The van der Waals surface area contributed by atoms with Crippen molar-refractivity contribution in [3.63, 3.8) is 0 Å². The van der Waals surface area contributed by atoms with Crippen LogP contribution in [0, 0.1) is 5.92 Å². The molecule has 5 nitrogen and oxygen atoms in total. The van der Waals surface area contributed by atoms with Gasteiger partial charge < -0.3 is 16.0 Å². The van der Waals surface area contributed by atoms with E-state index in [1.165, 1.54) is 5.39 Å². The summed E-state index contributed by atoms with van der Waals surface area (Å²) >= 11 is 0. The lowest BCUT2D eigenvalue weighted by Crippen LogP contribution is -2.48. The molecule has 0 saturated heterocycles. The number of benzene rings is 2. The van der Waals surface area contributed by atoms with Crippen molar-refractivity contribution in [3.05, 3.63) is 48.0 Å². The van der Waals surface area contributed by atoms with E-state index in [4.69, 9.17) is 0 Å². The molecular weight excluding hydrogens is 386 g/mol. The number of hydrogen-bond acceptors (Lipinski definition) is 3. The average molecular weight is 426 g/mol. The quantitative estimate of drug-likeness (QED) is 0.421. The van der Waals surface area contributed by atoms with E-state index in [9.17, 15) is 9.59 Å². The summed E-state index contributed by atoms with van der Waals surface area (Å²) in [5.74, 6) is 0.465. The number of carbonyl (C=O) groups is 2. The van der Waals surface area contributed by atoms with Crippen LogP contribution in [-0.2, 0) is 16.0 Å². The third-order valence-corrected chi connectivity index (χ3v) is 5.32. The Labute approximate surface area is 187 Å². The van der Waals surface area contributed by atoms with E-state index in [0.29, 0.717) is 37.9 Å². The minimum absolute atomic E-state index is 0.103. The normalized spacial score (nSPS) is 12.3. The minimum atomic E-state index is -0.571. The van der Waals surface area contributed by atoms with Crippen LogP contribution in [0.4, 0.5) is 0 Å². The second-order valence-corrected chi connectivity index (χ2v) is 9.05. The Kier molecular flexibility index (Phi) is 10.5. The van der Waals surface area contributed by atoms with Gasteiger partial charge in [0.1, 0.15) is 6.04 Å². The van der Waals surface area contributed by atoms with Gasteiger partial charge in [0.2, 0.25) is 11.8 Å². The van der Waals surface area contributed by atoms with Gasteiger partial charge in [-0.2, -0.15) is 0 Å². The molecule has 0 aliphatic heterocycles. The first-order valence-electron chi connectivity index (χ1n) is 11.6. The van der Waals surface area contributed by atoms with Gasteiger partial charge in [0.15, 0.2) is 0 Å². The van der Waals surface area contributed by atoms with Crippen molar-refractivity contribution in [1.29, 1.82) is 0 Å². The highest BCUT2D eigenvalue weighted by molar-refractivity contribution is 5.88. The minimum Gasteiger partial charge on any atom is -0.354 e. The lowest BCUT2D eigenvalue weighted by molar-refractivity contribution is -0.129. The molecule has 0 fully saturated rings. The van der Waals surface area contributed by atoms with E-state index in [-0.39, 0.29) is 11.8 Å². The topological polar surface area (TPSA) is 70.2 Å². The number of fused-ring (bicyclic) bond motifs is 1. The molecule has 2 amide bonds. The number of hydrogen-bond donors (Lipinski definition) is 3. The van der Waals surface area contributed by atoms with Crippen LogP contribution < -0.4 is 16.0 Å². The second kappa shape index (κ2) is 13.1. The zero-order valence-electron chi connectivity index (χ0n) is 19.5. The van der Waals surface area contributed by atoms with E-state index in [1.54, 1.807) is 0 Å². The summed E-state index contributed by atoms with van der Waals surface area (Å²) in [7, 11) is 0. The zero-order chi connectivity index (χ0) is 22.6. The summed E-state index contributed by atoms with van der Waals surface area (Å²) < 4.78 is 0. The van der Waals surface area contributed by atoms with Crippen LogP contribution in [0.3, 0.4) is 0 Å². The lowest BCUT2D eigenvalue weighted by atomic mass is 10.0. The lowest BCUT2D eigenvalue weighted by Gasteiger charge is -2.19. The van der Waals surface area contributed by atoms with Gasteiger partial charge in [-0.25, -0.2) is 0 Å². The largest absolute Gasteiger partial charge is 0.354 e. The number of unbranched alkanes of at least 4 members (excludes halogenated alkanes) is 1. The van der Waals surface area contributed by atoms with Gasteiger partial charge >= 0.3 is 0 Å². The fourth-order valence-corrected chi connectivity index (χ4v) is 3.56. The summed E-state index contributed by atoms with van der Waals surface area (Å²) in [5, 5.41) is 11.5. The Morgan fingerprint density at radius 2 is 1.65 bits per heavy atom. The third-order valence-electron chi connectivity index (χ3n) is 5.32. The van der Waals surface area contributed by atoms with Crippen LogP contribution >= 0.6 is 0 Å². The van der Waals surface area contributed by atoms with Crippen LogP contribution in [0.2, 0.25) is 0 Å². The van der Waals surface area contributed by atoms with Crippen LogP contribution in [0.5, 0.6) is 0 Å². The highest BCUT2D eigenvalue weighted by Gasteiger charge is 2.21. The first kappa shape index (κ1) is 24.9. The molecule has 31 heavy (non-hydrogen) atoms. The molecule has 0 unspecified atom stereocenters. The molecule has 5 heteroatoms. The van der Waals surface area contributed by atoms with Crippen LogP contribution in [-0.4, -0.2) is 37.0 Å². The smallest absolute Gasteiger partial charge is 0.242 e. The fraction of sp³-hybridized carbons (Fsp3) is 0.538. The maximum atomic E-state index is 12.9. The van der Waals surface area contributed by atoms with Crippen LogP contribution in [0.15, 0.2) is 42.5 Å². The molecular formula is C26H39N3O2. The molecule has 0 radical (unpaired) electrons. The Morgan fingerprint density at radius 3 is 2.35 bits per heavy atom. The Morgan fingerprint density at radius 1 is 0.903 bits per heavy atom. The van der Waals surface area contributed by atoms with E-state index < -0.39 is 6.04 Å². The summed E-state index contributed by atoms with van der Waals surface area (Å²) in [4.78, 5) is 25.3. The SMILES string of the molecule is CC(C)CCCCNC(=O)[C@@H](Cc1ccc2ccccc2c1)NC(=O)CCNC(C)C. The van der Waals surface area contributed by atoms with Gasteiger partial charge in [-0.3, -0.25) is 9.59 Å². The molecule has 0 saturated carbocycles. The number of carbonyl (C=O) groups excluding carboxylic acids is 2. The Bertz CT molecular complexity index is 832. The average Bonchev–Trinajstić information content (AvgIpc) is 2.72. The number of nitrogens with one attached hydrogen (secondary N) is 3. The van der Waals surface area contributed by atoms with Gasteiger partial charge in [-0.15, -0.1) is 0 Å². The molecule has 0 heterocycles. The molecule has 2 aromatic rings. The van der Waals surface area contributed by atoms with Crippen molar-refractivity contribution in [2.45, 2.75) is 71.9 Å². The van der Waals surface area contributed by atoms with Crippen LogP contribution in [0.25, 0.3) is 10.8 Å². The van der Waals surface area contributed by atoms with Crippen molar-refractivity contribution in [2.75, 3.05) is 13.1 Å². The van der Waals surface area contributed by atoms with Gasteiger partial charge in [0.05, 0.1) is 0 Å². The second-order valence-electron chi connectivity index (χ2n) is 9.05. The molecule has 2 rings (SSSR count). The van der Waals surface area contributed by atoms with Gasteiger partial charge in [-0.1, -0.05) is 83.0 Å². The fourth-order valence-electron chi connectivity index (χ4n) is 3.56. The summed E-state index contributed by atoms with van der Waals surface area (Å²) in [6, 6.07) is 14.1. The van der Waals surface area contributed by atoms with Crippen molar-refractivity contribution in [2.24, 2.45) is 5.92 Å². The van der Waals surface area contributed by atoms with Gasteiger partial charge in [0, 0.05) is 32.0 Å².